The Morgan fingerprint density at radius 1 is 1.22 bits per heavy atom. The zero-order valence-electron chi connectivity index (χ0n) is 20.9. The molecule has 1 aromatic carbocycles. The number of aryl methyl sites for hydroxylation is 1. The molecule has 0 bridgehead atoms. The van der Waals surface area contributed by atoms with E-state index in [9.17, 15) is 9.90 Å². The number of hydrogen-bond acceptors (Lipinski definition) is 6. The van der Waals surface area contributed by atoms with E-state index >= 15 is 4.39 Å². The lowest BCUT2D eigenvalue weighted by molar-refractivity contribution is -0.139. The number of rotatable bonds is 12. The van der Waals surface area contributed by atoms with Gasteiger partial charge in [0.2, 0.25) is 0 Å². The van der Waals surface area contributed by atoms with Crippen molar-refractivity contribution in [3.8, 4) is 5.75 Å². The van der Waals surface area contributed by atoms with E-state index in [4.69, 9.17) is 4.74 Å². The number of piperidine rings is 1. The fourth-order valence-corrected chi connectivity index (χ4v) is 5.37. The Kier molecular flexibility index (Phi) is 9.17. The topological polar surface area (TPSA) is 88.4 Å². The molecule has 8 heteroatoms. The molecule has 1 saturated heterocycles. The molecule has 0 aliphatic carbocycles. The summed E-state index contributed by atoms with van der Waals surface area (Å²) >= 11 is 0. The van der Waals surface area contributed by atoms with E-state index < -0.39 is 12.1 Å². The second kappa shape index (κ2) is 12.7. The number of carboxylic acids is 1. The minimum atomic E-state index is -1.13. The van der Waals surface area contributed by atoms with Gasteiger partial charge in [-0.25, -0.2) is 4.39 Å². The van der Waals surface area contributed by atoms with E-state index in [1.54, 1.807) is 25.6 Å². The number of halogens is 1. The van der Waals surface area contributed by atoms with Crippen molar-refractivity contribution >= 4 is 16.9 Å². The predicted molar refractivity (Wildman–Crippen MR) is 137 cm³/mol. The zero-order chi connectivity index (χ0) is 25.3. The number of unbranched alkanes of at least 4 members (excludes halogenated alkanes) is 1. The number of aromatic nitrogens is 3. The third-order valence-corrected chi connectivity index (χ3v) is 7.31. The van der Waals surface area contributed by atoms with Crippen LogP contribution in [0, 0.1) is 11.8 Å². The number of benzene rings is 1. The number of carbonyl (C=O) groups is 1. The van der Waals surface area contributed by atoms with Crippen molar-refractivity contribution in [1.29, 1.82) is 0 Å². The summed E-state index contributed by atoms with van der Waals surface area (Å²) in [4.78, 5) is 18.3. The maximum Gasteiger partial charge on any atom is 0.303 e. The van der Waals surface area contributed by atoms with Gasteiger partial charge < -0.3 is 14.7 Å². The fraction of sp³-hybridized carbons (Fsp3) is 0.500. The van der Waals surface area contributed by atoms with Crippen LogP contribution < -0.4 is 4.74 Å². The maximum absolute atomic E-state index is 15.5. The quantitative estimate of drug-likeness (QED) is 0.344. The predicted octanol–water partition coefficient (Wildman–Crippen LogP) is 5.26. The largest absolute Gasteiger partial charge is 0.497 e. The number of ether oxygens (including phenoxy) is 1. The van der Waals surface area contributed by atoms with Crippen molar-refractivity contribution in [3.05, 3.63) is 60.0 Å². The van der Waals surface area contributed by atoms with Gasteiger partial charge in [-0.1, -0.05) is 0 Å². The zero-order valence-corrected chi connectivity index (χ0v) is 20.9. The Morgan fingerprint density at radius 2 is 2.11 bits per heavy atom. The first-order valence-electron chi connectivity index (χ1n) is 12.8. The van der Waals surface area contributed by atoms with Crippen LogP contribution in [-0.4, -0.2) is 57.9 Å². The first-order chi connectivity index (χ1) is 17.5. The first kappa shape index (κ1) is 25.9. The van der Waals surface area contributed by atoms with Gasteiger partial charge in [0, 0.05) is 30.7 Å². The van der Waals surface area contributed by atoms with Crippen molar-refractivity contribution in [1.82, 2.24) is 20.1 Å². The molecule has 1 aliphatic rings. The van der Waals surface area contributed by atoms with Gasteiger partial charge >= 0.3 is 5.97 Å². The average Bonchev–Trinajstić information content (AvgIpc) is 2.90. The SMILES string of the molecule is COc1ccc2nccc([C@H](F)CC[C@@H]3CCN(CCCCc4cccnn4)C[C@@H]3CC(=O)O)c2c1. The molecule has 1 fully saturated rings. The number of methoxy groups -OCH3 is 1. The average molecular weight is 495 g/mol. The van der Waals surface area contributed by atoms with Gasteiger partial charge in [-0.05, 0) is 105 Å². The van der Waals surface area contributed by atoms with Crippen LogP contribution in [0.5, 0.6) is 5.75 Å². The van der Waals surface area contributed by atoms with E-state index in [1.807, 2.05) is 30.3 Å². The summed E-state index contributed by atoms with van der Waals surface area (Å²) in [6.07, 6.45) is 7.23. The number of hydrogen-bond donors (Lipinski definition) is 1. The lowest BCUT2D eigenvalue weighted by Gasteiger charge is -2.38. The standard InChI is InChI=1S/C28H35FN4O3/c1-36-23-8-10-27-25(18-23)24(11-14-30-27)26(29)9-7-20-12-16-33(19-21(20)17-28(34)35)15-3-2-5-22-6-4-13-31-32-22/h4,6,8,10-11,13-14,18,20-21,26H,2-3,5,7,9,12,15-17,19H2,1H3,(H,34,35)/t20-,21+,26-/m1/s1. The van der Waals surface area contributed by atoms with E-state index in [2.05, 4.69) is 20.1 Å². The number of likely N-dealkylation sites (tertiary alicyclic amines) is 1. The van der Waals surface area contributed by atoms with Crippen molar-refractivity contribution in [2.24, 2.45) is 11.8 Å². The van der Waals surface area contributed by atoms with Crippen LogP contribution in [0.3, 0.4) is 0 Å². The summed E-state index contributed by atoms with van der Waals surface area (Å²) in [5.41, 5.74) is 2.36. The number of alkyl halides is 1. The van der Waals surface area contributed by atoms with Gasteiger partial charge in [0.1, 0.15) is 11.9 Å². The fourth-order valence-electron chi connectivity index (χ4n) is 5.37. The second-order valence-electron chi connectivity index (χ2n) is 9.71. The lowest BCUT2D eigenvalue weighted by atomic mass is 9.79. The van der Waals surface area contributed by atoms with Gasteiger partial charge in [-0.3, -0.25) is 9.78 Å². The Labute approximate surface area is 211 Å². The van der Waals surface area contributed by atoms with E-state index in [-0.39, 0.29) is 18.3 Å². The highest BCUT2D eigenvalue weighted by atomic mass is 19.1. The molecule has 3 heterocycles. The smallest absolute Gasteiger partial charge is 0.303 e. The summed E-state index contributed by atoms with van der Waals surface area (Å²) in [6, 6.07) is 11.1. The minimum absolute atomic E-state index is 0.0396. The summed E-state index contributed by atoms with van der Waals surface area (Å²) in [5.74, 6) is 0.142. The molecular formula is C28H35FN4O3. The Morgan fingerprint density at radius 3 is 2.89 bits per heavy atom. The summed E-state index contributed by atoms with van der Waals surface area (Å²) < 4.78 is 20.8. The molecule has 1 aliphatic heterocycles. The van der Waals surface area contributed by atoms with Crippen LogP contribution in [0.4, 0.5) is 4.39 Å². The van der Waals surface area contributed by atoms with Crippen molar-refractivity contribution in [3.63, 3.8) is 0 Å². The highest BCUT2D eigenvalue weighted by Gasteiger charge is 2.31. The van der Waals surface area contributed by atoms with Crippen LogP contribution in [0.1, 0.15) is 56.0 Å². The molecule has 4 rings (SSSR count). The Hall–Kier alpha value is -3.13. The van der Waals surface area contributed by atoms with Gasteiger partial charge in [-0.2, -0.15) is 10.2 Å². The Bertz CT molecular complexity index is 1130. The first-order valence-corrected chi connectivity index (χ1v) is 12.8. The molecule has 0 saturated carbocycles. The number of fused-ring (bicyclic) bond motifs is 1. The summed E-state index contributed by atoms with van der Waals surface area (Å²) in [5, 5.41) is 18.3. The van der Waals surface area contributed by atoms with E-state index in [0.717, 1.165) is 61.9 Å². The van der Waals surface area contributed by atoms with Gasteiger partial charge in [0.05, 0.1) is 18.3 Å². The summed E-state index contributed by atoms with van der Waals surface area (Å²) in [6.45, 7) is 2.63. The van der Waals surface area contributed by atoms with Crippen LogP contribution in [-0.2, 0) is 11.2 Å². The van der Waals surface area contributed by atoms with Crippen molar-refractivity contribution in [2.45, 2.75) is 51.1 Å². The van der Waals surface area contributed by atoms with Gasteiger partial charge in [0.25, 0.3) is 0 Å². The second-order valence-corrected chi connectivity index (χ2v) is 9.71. The molecule has 0 amide bonds. The number of carboxylic acid groups (broad SMARTS) is 1. The molecular weight excluding hydrogens is 459 g/mol. The maximum atomic E-state index is 15.5. The summed E-state index contributed by atoms with van der Waals surface area (Å²) in [7, 11) is 1.59. The highest BCUT2D eigenvalue weighted by Crippen LogP contribution is 2.36. The van der Waals surface area contributed by atoms with Crippen molar-refractivity contribution in [2.75, 3.05) is 26.7 Å². The van der Waals surface area contributed by atoms with E-state index in [1.165, 1.54) is 0 Å². The molecule has 36 heavy (non-hydrogen) atoms. The number of aliphatic carboxylic acids is 1. The van der Waals surface area contributed by atoms with Gasteiger partial charge in [0.15, 0.2) is 0 Å². The minimum Gasteiger partial charge on any atom is -0.497 e. The molecule has 3 atom stereocenters. The number of nitrogens with zero attached hydrogens (tertiary/aromatic N) is 4. The molecule has 0 radical (unpaired) electrons. The lowest BCUT2D eigenvalue weighted by Crippen LogP contribution is -2.41. The third-order valence-electron chi connectivity index (χ3n) is 7.31. The monoisotopic (exact) mass is 494 g/mol. The van der Waals surface area contributed by atoms with Gasteiger partial charge in [-0.15, -0.1) is 0 Å². The molecule has 2 aromatic heterocycles. The molecule has 0 spiro atoms. The Balaban J connectivity index is 1.31. The normalized spacial score (nSPS) is 19.3. The van der Waals surface area contributed by atoms with Crippen LogP contribution >= 0.6 is 0 Å². The third kappa shape index (κ3) is 6.97. The van der Waals surface area contributed by atoms with Crippen LogP contribution in [0.25, 0.3) is 10.9 Å². The highest BCUT2D eigenvalue weighted by molar-refractivity contribution is 5.83. The van der Waals surface area contributed by atoms with Crippen LogP contribution in [0.15, 0.2) is 48.8 Å². The molecule has 1 N–H and O–H groups in total. The molecule has 3 aromatic rings. The molecule has 192 valence electrons. The van der Waals surface area contributed by atoms with E-state index in [0.29, 0.717) is 24.2 Å². The number of pyridine rings is 1. The molecule has 7 nitrogen and oxygen atoms in total. The molecule has 0 unspecified atom stereocenters. The van der Waals surface area contributed by atoms with Crippen molar-refractivity contribution < 1.29 is 19.0 Å². The van der Waals surface area contributed by atoms with Crippen LogP contribution in [0.2, 0.25) is 0 Å².